The van der Waals surface area contributed by atoms with E-state index < -0.39 is 0 Å². The minimum Gasteiger partial charge on any atom is -0.353 e. The van der Waals surface area contributed by atoms with Crippen LogP contribution in [0.1, 0.15) is 45.0 Å². The Balaban J connectivity index is 1.37. The first-order valence-corrected chi connectivity index (χ1v) is 12.2. The van der Waals surface area contributed by atoms with Gasteiger partial charge in [-0.05, 0) is 24.1 Å². The molecular weight excluding hydrogens is 416 g/mol. The van der Waals surface area contributed by atoms with Crippen LogP contribution in [0.25, 0.3) is 10.9 Å². The number of amides is 1. The molecule has 0 fully saturated rings. The Hall–Kier alpha value is -3.09. The van der Waals surface area contributed by atoms with Crippen molar-refractivity contribution in [2.45, 2.75) is 32.6 Å². The van der Waals surface area contributed by atoms with Crippen LogP contribution < -0.4 is 15.5 Å². The van der Waals surface area contributed by atoms with Crippen molar-refractivity contribution < 1.29 is 9.69 Å². The number of nitrogens with one attached hydrogen (secondary N) is 3. The molecule has 32 heavy (non-hydrogen) atoms. The van der Waals surface area contributed by atoms with Crippen molar-refractivity contribution in [3.05, 3.63) is 87.9 Å². The second-order valence-electron chi connectivity index (χ2n) is 8.75. The molecule has 3 N–H and O–H groups in total. The van der Waals surface area contributed by atoms with Gasteiger partial charge in [-0.25, -0.2) is 0 Å². The average molecular weight is 444 g/mol. The van der Waals surface area contributed by atoms with Gasteiger partial charge < -0.3 is 20.1 Å². The van der Waals surface area contributed by atoms with Crippen LogP contribution in [0, 0.1) is 0 Å². The molecule has 5 nitrogen and oxygen atoms in total. The van der Waals surface area contributed by atoms with Crippen molar-refractivity contribution in [2.24, 2.45) is 0 Å². The SMILES string of the molecule is CC[NH+]1CCc2c(sc3c2C(=O)N[C@H](c2cn(Cc4ccccc4)c4ccccc24)N3)C1. The van der Waals surface area contributed by atoms with E-state index in [-0.39, 0.29) is 12.1 Å². The third-order valence-corrected chi connectivity index (χ3v) is 8.00. The summed E-state index contributed by atoms with van der Waals surface area (Å²) in [5.74, 6) is 0.0566. The molecule has 6 heteroatoms. The molecule has 6 rings (SSSR count). The molecule has 4 heterocycles. The molecule has 0 saturated carbocycles. The Morgan fingerprint density at radius 3 is 2.75 bits per heavy atom. The molecule has 1 unspecified atom stereocenters. The smallest absolute Gasteiger partial charge is 0.256 e. The number of para-hydroxylation sites is 1. The number of fused-ring (bicyclic) bond motifs is 4. The minimum absolute atomic E-state index is 0.0566. The quantitative estimate of drug-likeness (QED) is 0.452. The zero-order chi connectivity index (χ0) is 21.7. The van der Waals surface area contributed by atoms with Gasteiger partial charge in [0.05, 0.1) is 23.5 Å². The number of likely N-dealkylation sites (N-methyl/N-ethyl adjacent to an activating group) is 1. The van der Waals surface area contributed by atoms with Crippen LogP contribution in [0.2, 0.25) is 0 Å². The first-order valence-electron chi connectivity index (χ1n) is 11.4. The predicted octanol–water partition coefficient (Wildman–Crippen LogP) is 3.57. The number of nitrogens with zero attached hydrogens (tertiary/aromatic N) is 1. The lowest BCUT2D eigenvalue weighted by Gasteiger charge is -2.27. The molecule has 0 saturated heterocycles. The zero-order valence-electron chi connectivity index (χ0n) is 18.2. The number of quaternary nitrogens is 1. The molecule has 0 spiro atoms. The van der Waals surface area contributed by atoms with E-state index in [1.807, 2.05) is 6.07 Å². The van der Waals surface area contributed by atoms with Crippen molar-refractivity contribution in [1.29, 1.82) is 0 Å². The largest absolute Gasteiger partial charge is 0.353 e. The van der Waals surface area contributed by atoms with Gasteiger partial charge >= 0.3 is 0 Å². The standard InChI is InChI=1S/C26H26N4OS/c1-2-29-13-12-19-22(16-29)32-26-23(19)25(31)27-24(28-26)20-15-30(14-17-8-4-3-5-9-17)21-11-7-6-10-18(20)21/h3-11,15,24,28H,2,12-14,16H2,1H3,(H,27,31)/p+1/t24-/m0/s1. The number of aromatic nitrogens is 1. The molecule has 2 aliphatic rings. The second-order valence-corrected chi connectivity index (χ2v) is 9.86. The zero-order valence-corrected chi connectivity index (χ0v) is 19.0. The summed E-state index contributed by atoms with van der Waals surface area (Å²) in [6, 6.07) is 19.0. The van der Waals surface area contributed by atoms with Crippen LogP contribution in [-0.4, -0.2) is 23.6 Å². The Morgan fingerprint density at radius 1 is 1.09 bits per heavy atom. The number of carbonyl (C=O) groups is 1. The molecule has 0 bridgehead atoms. The fraction of sp³-hybridized carbons (Fsp3) is 0.269. The Morgan fingerprint density at radius 2 is 1.91 bits per heavy atom. The van der Waals surface area contributed by atoms with Gasteiger partial charge in [0.15, 0.2) is 0 Å². The Bertz CT molecular complexity index is 1310. The maximum absolute atomic E-state index is 13.2. The van der Waals surface area contributed by atoms with Gasteiger partial charge in [-0.1, -0.05) is 48.5 Å². The van der Waals surface area contributed by atoms with Crippen molar-refractivity contribution >= 4 is 33.1 Å². The normalized spacial score (nSPS) is 19.8. The van der Waals surface area contributed by atoms with E-state index in [1.165, 1.54) is 26.9 Å². The molecule has 4 aromatic rings. The van der Waals surface area contributed by atoms with Gasteiger partial charge in [0.25, 0.3) is 5.91 Å². The van der Waals surface area contributed by atoms with E-state index in [0.29, 0.717) is 0 Å². The third-order valence-electron chi connectivity index (χ3n) is 6.83. The molecule has 2 aromatic heterocycles. The highest BCUT2D eigenvalue weighted by Crippen LogP contribution is 2.40. The summed E-state index contributed by atoms with van der Waals surface area (Å²) < 4.78 is 2.28. The molecule has 0 radical (unpaired) electrons. The van der Waals surface area contributed by atoms with Crippen LogP contribution >= 0.6 is 11.3 Å². The van der Waals surface area contributed by atoms with Crippen LogP contribution in [0.4, 0.5) is 5.00 Å². The Labute approximate surface area is 191 Å². The van der Waals surface area contributed by atoms with E-state index in [4.69, 9.17) is 0 Å². The highest BCUT2D eigenvalue weighted by Gasteiger charge is 2.35. The highest BCUT2D eigenvalue weighted by molar-refractivity contribution is 7.16. The molecule has 2 aliphatic heterocycles. The Kier molecular flexibility index (Phi) is 4.77. The van der Waals surface area contributed by atoms with Crippen LogP contribution in [0.15, 0.2) is 60.8 Å². The number of anilines is 1. The lowest BCUT2D eigenvalue weighted by Crippen LogP contribution is -3.11. The molecular formula is C26H27N4OS+. The van der Waals surface area contributed by atoms with Crippen molar-refractivity contribution in [2.75, 3.05) is 18.4 Å². The van der Waals surface area contributed by atoms with Crippen molar-refractivity contribution in [3.8, 4) is 0 Å². The molecule has 0 aliphatic carbocycles. The highest BCUT2D eigenvalue weighted by atomic mass is 32.1. The third kappa shape index (κ3) is 3.22. The number of benzene rings is 2. The van der Waals surface area contributed by atoms with E-state index >= 15 is 0 Å². The fourth-order valence-electron chi connectivity index (χ4n) is 5.12. The monoisotopic (exact) mass is 443 g/mol. The molecule has 162 valence electrons. The summed E-state index contributed by atoms with van der Waals surface area (Å²) in [4.78, 5) is 16.2. The van der Waals surface area contributed by atoms with Crippen molar-refractivity contribution in [3.63, 3.8) is 0 Å². The first kappa shape index (κ1) is 19.6. The van der Waals surface area contributed by atoms with Gasteiger partial charge in [0.2, 0.25) is 0 Å². The van der Waals surface area contributed by atoms with E-state index in [0.717, 1.165) is 48.7 Å². The molecule has 2 aromatic carbocycles. The van der Waals surface area contributed by atoms with Gasteiger partial charge in [0.1, 0.15) is 17.7 Å². The summed E-state index contributed by atoms with van der Waals surface area (Å²) in [7, 11) is 0. The van der Waals surface area contributed by atoms with Crippen LogP contribution in [0.5, 0.6) is 0 Å². The lowest BCUT2D eigenvalue weighted by molar-refractivity contribution is -0.913. The number of rotatable bonds is 4. The fourth-order valence-corrected chi connectivity index (χ4v) is 6.47. The van der Waals surface area contributed by atoms with E-state index in [9.17, 15) is 4.79 Å². The van der Waals surface area contributed by atoms with Crippen LogP contribution in [0.3, 0.4) is 0 Å². The summed E-state index contributed by atoms with van der Waals surface area (Å²) >= 11 is 1.77. The molecule has 2 atom stereocenters. The lowest BCUT2D eigenvalue weighted by atomic mass is 10.0. The predicted molar refractivity (Wildman–Crippen MR) is 129 cm³/mol. The number of thiophene rings is 1. The van der Waals surface area contributed by atoms with Crippen molar-refractivity contribution in [1.82, 2.24) is 9.88 Å². The average Bonchev–Trinajstić information content (AvgIpc) is 3.38. The van der Waals surface area contributed by atoms with Gasteiger partial charge in [-0.15, -0.1) is 11.3 Å². The summed E-state index contributed by atoms with van der Waals surface area (Å²) in [6.45, 7) is 6.30. The minimum atomic E-state index is -0.230. The van der Waals surface area contributed by atoms with Gasteiger partial charge in [-0.3, -0.25) is 4.79 Å². The maximum Gasteiger partial charge on any atom is 0.256 e. The van der Waals surface area contributed by atoms with Gasteiger partial charge in [0, 0.05) is 35.6 Å². The summed E-state index contributed by atoms with van der Waals surface area (Å²) in [5, 5.41) is 9.13. The summed E-state index contributed by atoms with van der Waals surface area (Å²) in [5.41, 5.74) is 5.70. The number of hydrogen-bond acceptors (Lipinski definition) is 3. The number of hydrogen-bond donors (Lipinski definition) is 3. The number of carbonyl (C=O) groups excluding carboxylic acids is 1. The van der Waals surface area contributed by atoms with Crippen LogP contribution in [-0.2, 0) is 19.5 Å². The summed E-state index contributed by atoms with van der Waals surface area (Å²) in [6.07, 6.45) is 2.95. The first-order chi connectivity index (χ1) is 15.7. The van der Waals surface area contributed by atoms with Gasteiger partial charge in [-0.2, -0.15) is 0 Å². The molecule has 1 amide bonds. The van der Waals surface area contributed by atoms with E-state index in [1.54, 1.807) is 16.2 Å². The van der Waals surface area contributed by atoms with E-state index in [2.05, 4.69) is 76.9 Å². The topological polar surface area (TPSA) is 50.5 Å². The second kappa shape index (κ2) is 7.80. The maximum atomic E-state index is 13.2.